The van der Waals surface area contributed by atoms with Crippen LogP contribution in [0.25, 0.3) is 22.2 Å². The summed E-state index contributed by atoms with van der Waals surface area (Å²) in [5.41, 5.74) is 0.617. The van der Waals surface area contributed by atoms with Gasteiger partial charge < -0.3 is 0 Å². The first-order valence-corrected chi connectivity index (χ1v) is 6.43. The van der Waals surface area contributed by atoms with E-state index in [1.165, 1.54) is 0 Å². The van der Waals surface area contributed by atoms with E-state index in [0.717, 1.165) is 4.57 Å². The number of fused-ring (bicyclic) bond motifs is 3. The molecule has 0 aliphatic heterocycles. The molecule has 0 spiro atoms. The topological polar surface area (TPSA) is 72.2 Å². The van der Waals surface area contributed by atoms with Crippen molar-refractivity contribution >= 4 is 16.6 Å². The molecule has 0 aliphatic carbocycles. The van der Waals surface area contributed by atoms with Crippen molar-refractivity contribution < 1.29 is 0 Å². The number of hydrogen-bond acceptors (Lipinski definition) is 3. The third kappa shape index (κ3) is 1.62. The molecule has 3 aromatic heterocycles. The Hall–Kier alpha value is -3.15. The van der Waals surface area contributed by atoms with E-state index in [2.05, 4.69) is 10.1 Å². The molecule has 4 rings (SSSR count). The van der Waals surface area contributed by atoms with Crippen LogP contribution in [0.2, 0.25) is 0 Å². The lowest BCUT2D eigenvalue weighted by Gasteiger charge is -2.03. The van der Waals surface area contributed by atoms with Crippen LogP contribution >= 0.6 is 0 Å². The molecule has 3 heterocycles. The molecule has 4 aromatic rings. The standard InChI is InChI=1S/C15H10N4O2/c20-14-12-11-8-4-5-9-18(11)17-13(12)16-15(21)19(14)10-6-2-1-3-7-10/h1-9H,(H,16,17,21). The number of benzene rings is 1. The Morgan fingerprint density at radius 2 is 1.71 bits per heavy atom. The molecule has 0 bridgehead atoms. The smallest absolute Gasteiger partial charge is 0.289 e. The normalized spacial score (nSPS) is 11.2. The quantitative estimate of drug-likeness (QED) is 0.571. The Morgan fingerprint density at radius 1 is 0.952 bits per heavy atom. The molecule has 0 fully saturated rings. The summed E-state index contributed by atoms with van der Waals surface area (Å²) in [6.45, 7) is 0. The van der Waals surface area contributed by atoms with Gasteiger partial charge in [0.25, 0.3) is 5.56 Å². The summed E-state index contributed by atoms with van der Waals surface area (Å²) in [7, 11) is 0. The molecule has 102 valence electrons. The van der Waals surface area contributed by atoms with Crippen LogP contribution in [0.1, 0.15) is 0 Å². The molecule has 0 radical (unpaired) electrons. The third-order valence-corrected chi connectivity index (χ3v) is 3.40. The second-order valence-corrected chi connectivity index (χ2v) is 4.66. The molecule has 0 atom stereocenters. The number of aromatic nitrogens is 4. The first kappa shape index (κ1) is 11.7. The summed E-state index contributed by atoms with van der Waals surface area (Å²) < 4.78 is 2.70. The zero-order valence-corrected chi connectivity index (χ0v) is 10.9. The van der Waals surface area contributed by atoms with E-state index in [4.69, 9.17) is 0 Å². The Kier molecular flexibility index (Phi) is 2.32. The first-order chi connectivity index (χ1) is 10.3. The van der Waals surface area contributed by atoms with E-state index in [1.54, 1.807) is 41.0 Å². The summed E-state index contributed by atoms with van der Waals surface area (Å²) in [4.78, 5) is 27.6. The fraction of sp³-hybridized carbons (Fsp3) is 0. The fourth-order valence-electron chi connectivity index (χ4n) is 2.47. The van der Waals surface area contributed by atoms with Crippen LogP contribution in [0.3, 0.4) is 0 Å². The predicted molar refractivity (Wildman–Crippen MR) is 78.9 cm³/mol. The van der Waals surface area contributed by atoms with Crippen molar-refractivity contribution in [3.8, 4) is 5.69 Å². The van der Waals surface area contributed by atoms with Crippen LogP contribution in [-0.4, -0.2) is 19.2 Å². The maximum atomic E-state index is 12.7. The summed E-state index contributed by atoms with van der Waals surface area (Å²) in [6, 6.07) is 14.3. The zero-order chi connectivity index (χ0) is 14.4. The van der Waals surface area contributed by atoms with Crippen LogP contribution in [-0.2, 0) is 0 Å². The van der Waals surface area contributed by atoms with E-state index in [9.17, 15) is 9.59 Å². The van der Waals surface area contributed by atoms with Crippen molar-refractivity contribution in [1.82, 2.24) is 19.2 Å². The second-order valence-electron chi connectivity index (χ2n) is 4.66. The molecule has 0 aliphatic rings. The van der Waals surface area contributed by atoms with Crippen molar-refractivity contribution in [2.45, 2.75) is 0 Å². The summed E-state index contributed by atoms with van der Waals surface area (Å²) >= 11 is 0. The van der Waals surface area contributed by atoms with E-state index in [1.807, 2.05) is 18.2 Å². The number of aromatic amines is 1. The Labute approximate surface area is 117 Å². The molecule has 1 aromatic carbocycles. The maximum absolute atomic E-state index is 12.7. The zero-order valence-electron chi connectivity index (χ0n) is 10.9. The minimum Gasteiger partial charge on any atom is -0.289 e. The Bertz CT molecular complexity index is 1070. The first-order valence-electron chi connectivity index (χ1n) is 6.43. The average Bonchev–Trinajstić information content (AvgIpc) is 2.86. The van der Waals surface area contributed by atoms with Gasteiger partial charge in [-0.25, -0.2) is 13.9 Å². The number of para-hydroxylation sites is 1. The highest BCUT2D eigenvalue weighted by Crippen LogP contribution is 2.13. The molecule has 0 unspecified atom stereocenters. The van der Waals surface area contributed by atoms with Gasteiger partial charge in [-0.3, -0.25) is 9.78 Å². The molecule has 0 amide bonds. The number of pyridine rings is 1. The summed E-state index contributed by atoms with van der Waals surface area (Å²) in [6.07, 6.45) is 1.74. The van der Waals surface area contributed by atoms with Gasteiger partial charge in [0.2, 0.25) is 0 Å². The van der Waals surface area contributed by atoms with Gasteiger partial charge in [0.15, 0.2) is 5.65 Å². The van der Waals surface area contributed by atoms with E-state index >= 15 is 0 Å². The Balaban J connectivity index is 2.21. The van der Waals surface area contributed by atoms with E-state index in [0.29, 0.717) is 22.2 Å². The highest BCUT2D eigenvalue weighted by Gasteiger charge is 2.14. The highest BCUT2D eigenvalue weighted by atomic mass is 16.2. The lowest BCUT2D eigenvalue weighted by molar-refractivity contribution is 0.891. The lowest BCUT2D eigenvalue weighted by atomic mass is 10.3. The minimum absolute atomic E-state index is 0.295. The van der Waals surface area contributed by atoms with E-state index < -0.39 is 5.69 Å². The molecular formula is C15H10N4O2. The van der Waals surface area contributed by atoms with Crippen LogP contribution < -0.4 is 11.2 Å². The molecule has 0 saturated carbocycles. The van der Waals surface area contributed by atoms with Crippen LogP contribution in [0, 0.1) is 0 Å². The Morgan fingerprint density at radius 3 is 2.52 bits per heavy atom. The van der Waals surface area contributed by atoms with Crippen molar-refractivity contribution in [2.75, 3.05) is 0 Å². The molecule has 6 nitrogen and oxygen atoms in total. The minimum atomic E-state index is -0.498. The highest BCUT2D eigenvalue weighted by molar-refractivity contribution is 5.91. The molecule has 21 heavy (non-hydrogen) atoms. The van der Waals surface area contributed by atoms with Crippen molar-refractivity contribution in [3.05, 3.63) is 75.6 Å². The predicted octanol–water partition coefficient (Wildman–Crippen LogP) is 1.33. The molecule has 6 heteroatoms. The monoisotopic (exact) mass is 278 g/mol. The number of rotatable bonds is 1. The molecular weight excluding hydrogens is 268 g/mol. The van der Waals surface area contributed by atoms with Crippen LogP contribution in [0.5, 0.6) is 0 Å². The average molecular weight is 278 g/mol. The van der Waals surface area contributed by atoms with Crippen molar-refractivity contribution in [2.24, 2.45) is 0 Å². The fourth-order valence-corrected chi connectivity index (χ4v) is 2.47. The maximum Gasteiger partial charge on any atom is 0.334 e. The molecule has 1 N–H and O–H groups in total. The molecule has 0 saturated heterocycles. The van der Waals surface area contributed by atoms with Gasteiger partial charge in [-0.15, -0.1) is 5.10 Å². The van der Waals surface area contributed by atoms with Gasteiger partial charge in [0.1, 0.15) is 5.39 Å². The van der Waals surface area contributed by atoms with Crippen LogP contribution in [0.15, 0.2) is 64.3 Å². The summed E-state index contributed by atoms with van der Waals surface area (Å²) in [5.74, 6) is 0. The van der Waals surface area contributed by atoms with Crippen molar-refractivity contribution in [3.63, 3.8) is 0 Å². The largest absolute Gasteiger partial charge is 0.334 e. The van der Waals surface area contributed by atoms with Crippen molar-refractivity contribution in [1.29, 1.82) is 0 Å². The van der Waals surface area contributed by atoms with Gasteiger partial charge in [0.05, 0.1) is 11.2 Å². The number of H-pyrrole nitrogens is 1. The number of hydrogen-bond donors (Lipinski definition) is 1. The van der Waals surface area contributed by atoms with Gasteiger partial charge >= 0.3 is 5.69 Å². The van der Waals surface area contributed by atoms with Gasteiger partial charge in [0, 0.05) is 6.20 Å². The van der Waals surface area contributed by atoms with Gasteiger partial charge in [-0.05, 0) is 24.3 Å². The van der Waals surface area contributed by atoms with Crippen LogP contribution in [0.4, 0.5) is 0 Å². The number of nitrogens with zero attached hydrogens (tertiary/aromatic N) is 3. The van der Waals surface area contributed by atoms with Gasteiger partial charge in [-0.2, -0.15) is 0 Å². The lowest BCUT2D eigenvalue weighted by Crippen LogP contribution is -2.33. The number of nitrogens with one attached hydrogen (secondary N) is 1. The van der Waals surface area contributed by atoms with Gasteiger partial charge in [-0.1, -0.05) is 24.3 Å². The second kappa shape index (κ2) is 4.17. The summed E-state index contributed by atoms with van der Waals surface area (Å²) in [5, 5.41) is 4.62. The third-order valence-electron chi connectivity index (χ3n) is 3.40. The SMILES string of the molecule is O=c1[nH]c2nn3ccccc3c2c(=O)n1-c1ccccc1. The van der Waals surface area contributed by atoms with E-state index in [-0.39, 0.29) is 5.56 Å².